The first-order chi connectivity index (χ1) is 19.6. The Hall–Kier alpha value is -3.47. The summed E-state index contributed by atoms with van der Waals surface area (Å²) in [7, 11) is 3.17. The molecule has 2 aromatic rings. The minimum absolute atomic E-state index is 0.0585. The third-order valence-corrected chi connectivity index (χ3v) is 9.69. The maximum atomic E-state index is 14.2. The summed E-state index contributed by atoms with van der Waals surface area (Å²) in [5.74, 6) is -6.41. The zero-order valence-corrected chi connectivity index (χ0v) is 25.3. The van der Waals surface area contributed by atoms with E-state index in [4.69, 9.17) is 5.73 Å². The molecule has 224 valence electrons. The number of benzene rings is 1. The average molecular weight is 595 g/mol. The first-order valence-electron chi connectivity index (χ1n) is 14.1. The number of carbonyl (C=O) groups excluding carboxylic acids is 3. The van der Waals surface area contributed by atoms with Gasteiger partial charge in [0.1, 0.15) is 22.8 Å². The van der Waals surface area contributed by atoms with Crippen LogP contribution >= 0.6 is 11.3 Å². The molecule has 42 heavy (non-hydrogen) atoms. The van der Waals surface area contributed by atoms with Crippen molar-refractivity contribution in [1.29, 1.82) is 0 Å². The van der Waals surface area contributed by atoms with Crippen molar-refractivity contribution in [3.05, 3.63) is 56.5 Å². The van der Waals surface area contributed by atoms with Crippen molar-refractivity contribution in [3.8, 4) is 16.9 Å². The predicted molar refractivity (Wildman–Crippen MR) is 160 cm³/mol. The highest BCUT2D eigenvalue weighted by Crippen LogP contribution is 2.54. The topological polar surface area (TPSA) is 161 Å². The van der Waals surface area contributed by atoms with Gasteiger partial charge in [-0.3, -0.25) is 19.3 Å². The molecule has 0 radical (unpaired) electrons. The van der Waals surface area contributed by atoms with Gasteiger partial charge in [-0.2, -0.15) is 11.3 Å². The van der Waals surface area contributed by atoms with Gasteiger partial charge < -0.3 is 26.2 Å². The Morgan fingerprint density at radius 2 is 1.88 bits per heavy atom. The SMILES string of the molecule is CN(C)C1C(=O)C(C(N)=O)=C(O)C2(O)C(=O)C3=C(O)c4c(O)c(CCCC(C)(C)C)cc(-c5ccsc5)c4CC3CC12. The number of rotatable bonds is 6. The quantitative estimate of drug-likeness (QED) is 0.313. The van der Waals surface area contributed by atoms with Gasteiger partial charge in [-0.1, -0.05) is 20.8 Å². The lowest BCUT2D eigenvalue weighted by atomic mass is 9.57. The van der Waals surface area contributed by atoms with Gasteiger partial charge >= 0.3 is 0 Å². The zero-order valence-electron chi connectivity index (χ0n) is 24.5. The molecule has 9 nitrogen and oxygen atoms in total. The van der Waals surface area contributed by atoms with Gasteiger partial charge in [0, 0.05) is 11.5 Å². The molecule has 4 atom stereocenters. The van der Waals surface area contributed by atoms with Crippen LogP contribution in [0.5, 0.6) is 5.75 Å². The molecule has 1 aromatic carbocycles. The van der Waals surface area contributed by atoms with Crippen LogP contribution in [-0.2, 0) is 27.2 Å². The smallest absolute Gasteiger partial charge is 0.255 e. The number of aliphatic hydroxyl groups is 3. The largest absolute Gasteiger partial charge is 0.508 e. The normalized spacial score (nSPS) is 25.9. The van der Waals surface area contributed by atoms with E-state index in [1.54, 1.807) is 14.1 Å². The molecule has 3 aliphatic carbocycles. The number of aromatic hydroxyl groups is 1. The highest BCUT2D eigenvalue weighted by molar-refractivity contribution is 7.08. The van der Waals surface area contributed by atoms with Gasteiger partial charge in [-0.05, 0) is 103 Å². The maximum absolute atomic E-state index is 14.2. The van der Waals surface area contributed by atoms with Crippen LogP contribution in [0.2, 0.25) is 0 Å². The number of amides is 1. The van der Waals surface area contributed by atoms with Gasteiger partial charge in [0.2, 0.25) is 5.78 Å². The van der Waals surface area contributed by atoms with Gasteiger partial charge in [-0.15, -0.1) is 0 Å². The number of phenols is 1. The van der Waals surface area contributed by atoms with Crippen LogP contribution in [0.25, 0.3) is 16.9 Å². The Morgan fingerprint density at radius 3 is 2.45 bits per heavy atom. The van der Waals surface area contributed by atoms with E-state index < -0.39 is 58.0 Å². The summed E-state index contributed by atoms with van der Waals surface area (Å²) in [5.41, 5.74) is 5.13. The number of primary amides is 1. The van der Waals surface area contributed by atoms with Crippen LogP contribution in [-0.4, -0.2) is 68.5 Å². The fourth-order valence-electron chi connectivity index (χ4n) is 7.04. The summed E-state index contributed by atoms with van der Waals surface area (Å²) in [4.78, 5) is 41.2. The standard InChI is InChI=1S/C32H38N2O7S/c1-31(2,3)9-6-7-15-11-18(16-8-10-42-14-16)19-12-17-13-20-24(34(4)5)27(37)23(30(33)40)29(39)32(20,41)28(38)21(17)26(36)22(19)25(15)35/h8,10-11,14,17,20,24,35-36,39,41H,6-7,9,12-13H2,1-5H3,(H2,33,40). The van der Waals surface area contributed by atoms with Crippen molar-refractivity contribution < 1.29 is 34.8 Å². The molecular formula is C32H38N2O7S. The molecule has 1 fully saturated rings. The molecular weight excluding hydrogens is 556 g/mol. The third-order valence-electron chi connectivity index (χ3n) is 9.00. The minimum atomic E-state index is -2.65. The molecule has 10 heteroatoms. The lowest BCUT2D eigenvalue weighted by Gasteiger charge is -2.50. The Balaban J connectivity index is 1.71. The van der Waals surface area contributed by atoms with Crippen LogP contribution in [0.4, 0.5) is 0 Å². The summed E-state index contributed by atoms with van der Waals surface area (Å²) >= 11 is 1.52. The molecule has 6 N–H and O–H groups in total. The second kappa shape index (κ2) is 10.4. The Bertz CT molecular complexity index is 1550. The first-order valence-corrected chi connectivity index (χ1v) is 15.1. The van der Waals surface area contributed by atoms with Crippen molar-refractivity contribution in [2.24, 2.45) is 23.0 Å². The molecule has 1 aromatic heterocycles. The summed E-state index contributed by atoms with van der Waals surface area (Å²) < 4.78 is 0. The number of ketones is 2. The minimum Gasteiger partial charge on any atom is -0.508 e. The molecule has 0 saturated heterocycles. The van der Waals surface area contributed by atoms with Crippen LogP contribution in [0.3, 0.4) is 0 Å². The number of likely N-dealkylation sites (N-methyl/N-ethyl adjacent to an activating group) is 1. The van der Waals surface area contributed by atoms with E-state index in [2.05, 4.69) is 20.8 Å². The van der Waals surface area contributed by atoms with Crippen molar-refractivity contribution in [2.45, 2.75) is 64.5 Å². The van der Waals surface area contributed by atoms with Crippen molar-refractivity contribution >= 4 is 34.6 Å². The number of hydrogen-bond donors (Lipinski definition) is 5. The molecule has 5 rings (SSSR count). The van der Waals surface area contributed by atoms with Crippen LogP contribution in [0.1, 0.15) is 56.7 Å². The number of phenolic OH excluding ortho intramolecular Hbond substituents is 1. The second-order valence-corrected chi connectivity index (χ2v) is 14.0. The van der Waals surface area contributed by atoms with E-state index in [9.17, 15) is 34.8 Å². The fourth-order valence-corrected chi connectivity index (χ4v) is 7.70. The molecule has 1 amide bonds. The van der Waals surface area contributed by atoms with Gasteiger partial charge in [0.25, 0.3) is 5.91 Å². The maximum Gasteiger partial charge on any atom is 0.255 e. The summed E-state index contributed by atoms with van der Waals surface area (Å²) in [5, 5.41) is 50.1. The number of nitrogens with two attached hydrogens (primary N) is 1. The van der Waals surface area contributed by atoms with Crippen molar-refractivity contribution in [3.63, 3.8) is 0 Å². The van der Waals surface area contributed by atoms with E-state index in [-0.39, 0.29) is 35.1 Å². The van der Waals surface area contributed by atoms with Gasteiger partial charge in [-0.25, -0.2) is 0 Å². The number of carbonyl (C=O) groups is 3. The fraction of sp³-hybridized carbons (Fsp3) is 0.469. The summed E-state index contributed by atoms with van der Waals surface area (Å²) in [6.07, 6.45) is 2.59. The first kappa shape index (κ1) is 30.0. The highest BCUT2D eigenvalue weighted by Gasteiger charge is 2.64. The number of Topliss-reactive ketones (excluding diaryl/α,β-unsaturated/α-hetero) is 2. The van der Waals surface area contributed by atoms with E-state index in [1.165, 1.54) is 16.2 Å². The molecule has 0 spiro atoms. The number of aryl methyl sites for hydroxylation is 1. The number of fused-ring (bicyclic) bond motifs is 3. The number of thiophene rings is 1. The third kappa shape index (κ3) is 4.56. The number of hydrogen-bond acceptors (Lipinski definition) is 9. The lowest BCUT2D eigenvalue weighted by Crippen LogP contribution is -2.65. The van der Waals surface area contributed by atoms with Crippen molar-refractivity contribution in [1.82, 2.24) is 4.90 Å². The van der Waals surface area contributed by atoms with E-state index >= 15 is 0 Å². The molecule has 4 unspecified atom stereocenters. The average Bonchev–Trinajstić information content (AvgIpc) is 3.41. The Morgan fingerprint density at radius 1 is 1.19 bits per heavy atom. The highest BCUT2D eigenvalue weighted by atomic mass is 32.1. The van der Waals surface area contributed by atoms with Crippen LogP contribution in [0, 0.1) is 17.3 Å². The summed E-state index contributed by atoms with van der Waals surface area (Å²) in [6, 6.07) is 2.81. The predicted octanol–water partition coefficient (Wildman–Crippen LogP) is 4.06. The number of nitrogens with zero attached hydrogens (tertiary/aromatic N) is 1. The van der Waals surface area contributed by atoms with Crippen molar-refractivity contribution in [2.75, 3.05) is 14.1 Å². The Kier molecular flexibility index (Phi) is 7.40. The van der Waals surface area contributed by atoms with Crippen LogP contribution in [0.15, 0.2) is 39.8 Å². The molecule has 1 saturated carbocycles. The monoisotopic (exact) mass is 594 g/mol. The van der Waals surface area contributed by atoms with E-state index in [1.807, 2.05) is 22.9 Å². The Labute approximate surface area is 249 Å². The van der Waals surface area contributed by atoms with Gasteiger partial charge in [0.05, 0.1) is 11.6 Å². The molecule has 1 heterocycles. The second-order valence-electron chi connectivity index (χ2n) is 13.2. The number of aliphatic hydroxyl groups excluding tert-OH is 2. The molecule has 0 bridgehead atoms. The molecule has 0 aliphatic heterocycles. The summed E-state index contributed by atoms with van der Waals surface area (Å²) in [6.45, 7) is 6.44. The lowest BCUT2D eigenvalue weighted by molar-refractivity contribution is -0.153. The van der Waals surface area contributed by atoms with E-state index in [0.29, 0.717) is 17.5 Å². The van der Waals surface area contributed by atoms with E-state index in [0.717, 1.165) is 24.0 Å². The molecule has 3 aliphatic rings. The zero-order chi connectivity index (χ0) is 30.9. The van der Waals surface area contributed by atoms with Crippen LogP contribution < -0.4 is 5.73 Å². The van der Waals surface area contributed by atoms with Gasteiger partial charge in [0.15, 0.2) is 11.4 Å².